The highest BCUT2D eigenvalue weighted by atomic mass is 32.1. The predicted octanol–water partition coefficient (Wildman–Crippen LogP) is 2.57. The summed E-state index contributed by atoms with van der Waals surface area (Å²) in [6.07, 6.45) is 1.40. The summed E-state index contributed by atoms with van der Waals surface area (Å²) in [5.41, 5.74) is 1.97. The number of phenolic OH excluding ortho intramolecular Hbond substituents is 1. The van der Waals surface area contributed by atoms with Crippen LogP contribution in [-0.4, -0.2) is 59.2 Å². The third kappa shape index (κ3) is 7.25. The highest BCUT2D eigenvalue weighted by Crippen LogP contribution is 2.16. The van der Waals surface area contributed by atoms with Gasteiger partial charge in [0.1, 0.15) is 11.8 Å². The number of aryl methyl sites for hydroxylation is 3. The van der Waals surface area contributed by atoms with E-state index in [-0.39, 0.29) is 29.8 Å². The van der Waals surface area contributed by atoms with Crippen LogP contribution < -0.4 is 15.4 Å². The smallest absolute Gasteiger partial charge is 0.330 e. The largest absolute Gasteiger partial charge is 0.508 e. The van der Waals surface area contributed by atoms with Gasteiger partial charge in [0, 0.05) is 6.54 Å². The average Bonchev–Trinajstić information content (AvgIpc) is 3.38. The van der Waals surface area contributed by atoms with E-state index in [0.717, 1.165) is 5.56 Å². The first-order valence-electron chi connectivity index (χ1n) is 11.2. The number of ether oxygens (including phenoxy) is 2. The van der Waals surface area contributed by atoms with Crippen LogP contribution in [0.5, 0.6) is 11.8 Å². The summed E-state index contributed by atoms with van der Waals surface area (Å²) in [5, 5.41) is 16.5. The van der Waals surface area contributed by atoms with Crippen LogP contribution in [0.3, 0.4) is 0 Å². The minimum Gasteiger partial charge on any atom is -0.508 e. The molecule has 0 radical (unpaired) electrons. The van der Waals surface area contributed by atoms with E-state index in [1.165, 1.54) is 18.4 Å². The minimum absolute atomic E-state index is 0.144. The molecule has 3 rings (SSSR count). The summed E-state index contributed by atoms with van der Waals surface area (Å²) in [6, 6.07) is 9.47. The Kier molecular flexibility index (Phi) is 9.34. The van der Waals surface area contributed by atoms with Gasteiger partial charge in [0.2, 0.25) is 0 Å². The quantitative estimate of drug-likeness (QED) is 0.263. The molecule has 190 valence electrons. The minimum atomic E-state index is -1.10. The van der Waals surface area contributed by atoms with Crippen molar-refractivity contribution in [1.82, 2.24) is 20.6 Å². The van der Waals surface area contributed by atoms with E-state index in [4.69, 9.17) is 9.47 Å². The number of methoxy groups -OCH3 is 1. The average molecular weight is 513 g/mol. The number of rotatable bonds is 11. The van der Waals surface area contributed by atoms with Crippen molar-refractivity contribution in [2.24, 2.45) is 0 Å². The van der Waals surface area contributed by atoms with Crippen molar-refractivity contribution in [3.05, 3.63) is 69.2 Å². The Hall–Kier alpha value is -3.99. The van der Waals surface area contributed by atoms with Crippen LogP contribution in [0.15, 0.2) is 41.8 Å². The molecule has 0 aliphatic rings. The van der Waals surface area contributed by atoms with Crippen molar-refractivity contribution in [2.75, 3.05) is 20.3 Å². The molecule has 2 aromatic heterocycles. The van der Waals surface area contributed by atoms with E-state index < -0.39 is 17.9 Å². The summed E-state index contributed by atoms with van der Waals surface area (Å²) in [7, 11) is 1.20. The van der Waals surface area contributed by atoms with Crippen LogP contribution in [0.1, 0.15) is 43.4 Å². The molecule has 0 aliphatic heterocycles. The zero-order valence-corrected chi connectivity index (χ0v) is 21.1. The standard InChI is InChI=1S/C25H28N4O6S/c1-15-21(16(2)28-25(27-15)35-11-5-8-17-7-4-9-18(30)13-17)23(32)29-19(24(33)34-3)14-26-22(31)20-10-6-12-36-20/h4,6-7,9-10,12-13,19,30H,5,8,11,14H2,1-3H3,(H,26,31)(H,29,32)/t19-/m0/s1. The second-order valence-electron chi connectivity index (χ2n) is 7.91. The molecule has 0 spiro atoms. The molecule has 1 atom stereocenters. The molecule has 0 fully saturated rings. The molecule has 0 saturated heterocycles. The monoisotopic (exact) mass is 512 g/mol. The van der Waals surface area contributed by atoms with E-state index >= 15 is 0 Å². The lowest BCUT2D eigenvalue weighted by Gasteiger charge is -2.18. The molecule has 2 heterocycles. The molecule has 1 aromatic carbocycles. The Morgan fingerprint density at radius 3 is 2.47 bits per heavy atom. The molecule has 10 nitrogen and oxygen atoms in total. The molecule has 0 unspecified atom stereocenters. The Morgan fingerprint density at radius 1 is 1.08 bits per heavy atom. The lowest BCUT2D eigenvalue weighted by molar-refractivity contribution is -0.142. The van der Waals surface area contributed by atoms with Crippen LogP contribution >= 0.6 is 11.3 Å². The van der Waals surface area contributed by atoms with Crippen LogP contribution in [0.4, 0.5) is 0 Å². The van der Waals surface area contributed by atoms with Gasteiger partial charge in [-0.2, -0.15) is 9.97 Å². The number of nitrogens with zero attached hydrogens (tertiary/aromatic N) is 2. The van der Waals surface area contributed by atoms with Gasteiger partial charge in [-0.15, -0.1) is 11.3 Å². The SMILES string of the molecule is COC(=O)[C@H](CNC(=O)c1cccs1)NC(=O)c1c(C)nc(OCCCc2cccc(O)c2)nc1C. The van der Waals surface area contributed by atoms with E-state index in [1.807, 2.05) is 6.07 Å². The van der Waals surface area contributed by atoms with E-state index in [2.05, 4.69) is 20.6 Å². The third-order valence-corrected chi connectivity index (χ3v) is 6.10. The normalized spacial score (nSPS) is 11.4. The van der Waals surface area contributed by atoms with Gasteiger partial charge in [-0.3, -0.25) is 9.59 Å². The highest BCUT2D eigenvalue weighted by molar-refractivity contribution is 7.12. The number of aromatic hydroxyl groups is 1. The maximum atomic E-state index is 13.0. The Bertz CT molecular complexity index is 1190. The van der Waals surface area contributed by atoms with Crippen LogP contribution in [0.2, 0.25) is 0 Å². The van der Waals surface area contributed by atoms with Crippen molar-refractivity contribution in [2.45, 2.75) is 32.7 Å². The number of phenols is 1. The van der Waals surface area contributed by atoms with E-state index in [0.29, 0.717) is 35.7 Å². The highest BCUT2D eigenvalue weighted by Gasteiger charge is 2.26. The third-order valence-electron chi connectivity index (χ3n) is 5.23. The number of aromatic nitrogens is 2. The second kappa shape index (κ2) is 12.6. The van der Waals surface area contributed by atoms with Crippen molar-refractivity contribution >= 4 is 29.1 Å². The van der Waals surface area contributed by atoms with Crippen molar-refractivity contribution < 1.29 is 29.0 Å². The molecule has 2 amide bonds. The Labute approximate surface area is 212 Å². The summed E-state index contributed by atoms with van der Waals surface area (Å²) in [4.78, 5) is 46.4. The van der Waals surface area contributed by atoms with Gasteiger partial charge in [-0.25, -0.2) is 4.79 Å². The van der Waals surface area contributed by atoms with E-state index in [9.17, 15) is 19.5 Å². The molecular weight excluding hydrogens is 484 g/mol. The van der Waals surface area contributed by atoms with Crippen molar-refractivity contribution in [1.29, 1.82) is 0 Å². The van der Waals surface area contributed by atoms with Gasteiger partial charge >= 0.3 is 12.0 Å². The topological polar surface area (TPSA) is 140 Å². The molecule has 36 heavy (non-hydrogen) atoms. The number of esters is 1. The molecule has 0 aliphatic carbocycles. The van der Waals surface area contributed by atoms with Gasteiger partial charge in [-0.05, 0) is 55.8 Å². The summed E-state index contributed by atoms with van der Waals surface area (Å²) >= 11 is 1.27. The number of hydrogen-bond acceptors (Lipinski definition) is 9. The predicted molar refractivity (Wildman–Crippen MR) is 133 cm³/mol. The molecular formula is C25H28N4O6S. The van der Waals surface area contributed by atoms with E-state index in [1.54, 1.807) is 49.6 Å². The van der Waals surface area contributed by atoms with Gasteiger partial charge in [-0.1, -0.05) is 18.2 Å². The molecule has 3 N–H and O–H groups in total. The zero-order chi connectivity index (χ0) is 26.1. The number of carbonyl (C=O) groups excluding carboxylic acids is 3. The fourth-order valence-corrected chi connectivity index (χ4v) is 4.13. The molecule has 11 heteroatoms. The fraction of sp³-hybridized carbons (Fsp3) is 0.320. The van der Waals surface area contributed by atoms with Gasteiger partial charge in [0.05, 0.1) is 35.5 Å². The van der Waals surface area contributed by atoms with Crippen molar-refractivity contribution in [3.63, 3.8) is 0 Å². The van der Waals surface area contributed by atoms with Crippen LogP contribution in [-0.2, 0) is 16.0 Å². The molecule has 0 bridgehead atoms. The number of carbonyl (C=O) groups is 3. The Balaban J connectivity index is 1.59. The Morgan fingerprint density at radius 2 is 1.83 bits per heavy atom. The number of thiophene rings is 1. The number of nitrogens with one attached hydrogen (secondary N) is 2. The first kappa shape index (κ1) is 26.6. The second-order valence-corrected chi connectivity index (χ2v) is 8.86. The molecule has 0 saturated carbocycles. The maximum Gasteiger partial charge on any atom is 0.330 e. The maximum absolute atomic E-state index is 13.0. The van der Waals surface area contributed by atoms with Crippen LogP contribution in [0.25, 0.3) is 0 Å². The van der Waals surface area contributed by atoms with Crippen molar-refractivity contribution in [3.8, 4) is 11.8 Å². The van der Waals surface area contributed by atoms with Gasteiger partial charge in [0.15, 0.2) is 0 Å². The lowest BCUT2D eigenvalue weighted by atomic mass is 10.1. The lowest BCUT2D eigenvalue weighted by Crippen LogP contribution is -2.49. The number of amides is 2. The zero-order valence-electron chi connectivity index (χ0n) is 20.2. The first-order valence-corrected chi connectivity index (χ1v) is 12.1. The van der Waals surface area contributed by atoms with Gasteiger partial charge in [0.25, 0.3) is 11.8 Å². The summed E-state index contributed by atoms with van der Waals surface area (Å²) in [5.74, 6) is -1.40. The number of benzene rings is 1. The molecule has 3 aromatic rings. The fourth-order valence-electron chi connectivity index (χ4n) is 3.49. The van der Waals surface area contributed by atoms with Gasteiger partial charge < -0.3 is 25.2 Å². The summed E-state index contributed by atoms with van der Waals surface area (Å²) < 4.78 is 10.4. The summed E-state index contributed by atoms with van der Waals surface area (Å²) in [6.45, 7) is 3.51. The van der Waals surface area contributed by atoms with Crippen LogP contribution in [0, 0.1) is 13.8 Å². The number of hydrogen-bond donors (Lipinski definition) is 3. The first-order chi connectivity index (χ1) is 17.3.